The largest absolute Gasteiger partial charge is 0.494 e. The van der Waals surface area contributed by atoms with Gasteiger partial charge in [0.05, 0.1) is 25.5 Å². The highest BCUT2D eigenvalue weighted by molar-refractivity contribution is 5.86. The predicted octanol–water partition coefficient (Wildman–Crippen LogP) is 1.57. The first-order valence-corrected chi connectivity index (χ1v) is 6.52. The van der Waals surface area contributed by atoms with Gasteiger partial charge in [-0.2, -0.15) is 0 Å². The fraction of sp³-hybridized carbons (Fsp3) is 0.357. The Morgan fingerprint density at radius 3 is 2.62 bits per heavy atom. The minimum absolute atomic E-state index is 0.0808. The summed E-state index contributed by atoms with van der Waals surface area (Å²) in [6.07, 6.45) is 0. The Hall–Kier alpha value is -2.41. The average Bonchev–Trinajstić information content (AvgIpc) is 2.85. The highest BCUT2D eigenvalue weighted by Gasteiger charge is 2.18. The van der Waals surface area contributed by atoms with Gasteiger partial charge in [0.1, 0.15) is 5.75 Å². The van der Waals surface area contributed by atoms with Crippen molar-refractivity contribution in [3.05, 3.63) is 41.2 Å². The minimum atomic E-state index is -1.11. The van der Waals surface area contributed by atoms with Crippen molar-refractivity contribution >= 4 is 5.97 Å². The summed E-state index contributed by atoms with van der Waals surface area (Å²) in [5.74, 6) is -0.317. The normalized spacial score (nSPS) is 10.6. The van der Waals surface area contributed by atoms with Gasteiger partial charge in [-0.3, -0.25) is 0 Å². The Morgan fingerprint density at radius 1 is 1.33 bits per heavy atom. The Labute approximate surface area is 122 Å². The number of nitrogens with zero attached hydrogens (tertiary/aromatic N) is 3. The number of carboxylic acids is 1. The molecule has 0 bridgehead atoms. The standard InChI is InChI=1S/C14H17N3O4/c1-3-21-11-6-4-10(5-7-11)8-17-12(9-20-2)13(14(18)19)15-16-17/h4-7H,3,8-9H2,1-2H3,(H,18,19). The van der Waals surface area contributed by atoms with E-state index in [1.807, 2.05) is 31.2 Å². The summed E-state index contributed by atoms with van der Waals surface area (Å²) in [7, 11) is 1.50. The van der Waals surface area contributed by atoms with E-state index in [-0.39, 0.29) is 12.3 Å². The molecule has 1 aromatic carbocycles. The van der Waals surface area contributed by atoms with Gasteiger partial charge < -0.3 is 14.6 Å². The molecule has 1 heterocycles. The number of carbonyl (C=O) groups is 1. The summed E-state index contributed by atoms with van der Waals surface area (Å²) in [6.45, 7) is 3.10. The first kappa shape index (κ1) is 15.0. The maximum absolute atomic E-state index is 11.1. The Kier molecular flexibility index (Phi) is 4.89. The van der Waals surface area contributed by atoms with Crippen LogP contribution in [0, 0.1) is 0 Å². The van der Waals surface area contributed by atoms with Crippen LogP contribution in [0.3, 0.4) is 0 Å². The molecule has 0 saturated carbocycles. The molecule has 0 amide bonds. The average molecular weight is 291 g/mol. The van der Waals surface area contributed by atoms with E-state index in [1.165, 1.54) is 11.8 Å². The third-order valence-corrected chi connectivity index (χ3v) is 2.89. The Balaban J connectivity index is 2.20. The fourth-order valence-corrected chi connectivity index (χ4v) is 1.94. The van der Waals surface area contributed by atoms with Crippen LogP contribution < -0.4 is 4.74 Å². The van der Waals surface area contributed by atoms with Gasteiger partial charge >= 0.3 is 5.97 Å². The lowest BCUT2D eigenvalue weighted by Gasteiger charge is -2.08. The monoisotopic (exact) mass is 291 g/mol. The van der Waals surface area contributed by atoms with Gasteiger partial charge in [-0.15, -0.1) is 5.10 Å². The van der Waals surface area contributed by atoms with Crippen LogP contribution in [0.15, 0.2) is 24.3 Å². The molecule has 0 aliphatic heterocycles. The van der Waals surface area contributed by atoms with Crippen LogP contribution in [0.2, 0.25) is 0 Å². The molecule has 7 nitrogen and oxygen atoms in total. The van der Waals surface area contributed by atoms with E-state index in [0.717, 1.165) is 11.3 Å². The topological polar surface area (TPSA) is 86.5 Å². The highest BCUT2D eigenvalue weighted by atomic mass is 16.5. The number of hydrogen-bond donors (Lipinski definition) is 1. The van der Waals surface area contributed by atoms with Gasteiger partial charge in [0.25, 0.3) is 0 Å². The molecule has 7 heteroatoms. The van der Waals surface area contributed by atoms with Crippen molar-refractivity contribution in [3.8, 4) is 5.75 Å². The molecular weight excluding hydrogens is 274 g/mol. The smallest absolute Gasteiger partial charge is 0.358 e. The summed E-state index contributed by atoms with van der Waals surface area (Å²) >= 11 is 0. The van der Waals surface area contributed by atoms with Crippen molar-refractivity contribution in [2.75, 3.05) is 13.7 Å². The Morgan fingerprint density at radius 2 is 2.05 bits per heavy atom. The number of aromatic carboxylic acids is 1. The van der Waals surface area contributed by atoms with E-state index < -0.39 is 5.97 Å². The molecule has 21 heavy (non-hydrogen) atoms. The van der Waals surface area contributed by atoms with Crippen molar-refractivity contribution in [2.45, 2.75) is 20.1 Å². The zero-order chi connectivity index (χ0) is 15.2. The number of benzene rings is 1. The zero-order valence-corrected chi connectivity index (χ0v) is 11.9. The van der Waals surface area contributed by atoms with Crippen LogP contribution in [0.1, 0.15) is 28.7 Å². The van der Waals surface area contributed by atoms with Crippen LogP contribution in [0.5, 0.6) is 5.75 Å². The molecule has 0 fully saturated rings. The third-order valence-electron chi connectivity index (χ3n) is 2.89. The number of rotatable bonds is 7. The number of aromatic nitrogens is 3. The second kappa shape index (κ2) is 6.85. The van der Waals surface area contributed by atoms with E-state index in [9.17, 15) is 4.79 Å². The summed E-state index contributed by atoms with van der Waals surface area (Å²) in [5, 5.41) is 16.7. The number of carboxylic acid groups (broad SMARTS) is 1. The van der Waals surface area contributed by atoms with Crippen molar-refractivity contribution in [1.82, 2.24) is 15.0 Å². The lowest BCUT2D eigenvalue weighted by Crippen LogP contribution is -2.10. The van der Waals surface area contributed by atoms with Gasteiger partial charge in [-0.05, 0) is 24.6 Å². The Bertz CT molecular complexity index is 607. The fourth-order valence-electron chi connectivity index (χ4n) is 1.94. The van der Waals surface area contributed by atoms with Crippen molar-refractivity contribution < 1.29 is 19.4 Å². The number of ether oxygens (including phenoxy) is 2. The van der Waals surface area contributed by atoms with Crippen LogP contribution in [-0.4, -0.2) is 39.8 Å². The SMILES string of the molecule is CCOc1ccc(Cn2nnc(C(=O)O)c2COC)cc1. The summed E-state index contributed by atoms with van der Waals surface area (Å²) in [6, 6.07) is 7.54. The molecule has 2 rings (SSSR count). The van der Waals surface area contributed by atoms with Crippen LogP contribution in [-0.2, 0) is 17.9 Å². The lowest BCUT2D eigenvalue weighted by atomic mass is 10.2. The van der Waals surface area contributed by atoms with E-state index in [0.29, 0.717) is 18.8 Å². The molecule has 0 saturated heterocycles. The zero-order valence-electron chi connectivity index (χ0n) is 11.9. The van der Waals surface area contributed by atoms with E-state index in [1.54, 1.807) is 0 Å². The van der Waals surface area contributed by atoms with Crippen LogP contribution in [0.4, 0.5) is 0 Å². The maximum atomic E-state index is 11.1. The first-order valence-electron chi connectivity index (χ1n) is 6.52. The number of hydrogen-bond acceptors (Lipinski definition) is 5. The van der Waals surface area contributed by atoms with Gasteiger partial charge in [-0.1, -0.05) is 17.3 Å². The summed E-state index contributed by atoms with van der Waals surface area (Å²) < 4.78 is 11.9. The quantitative estimate of drug-likeness (QED) is 0.833. The molecule has 0 aliphatic carbocycles. The first-order chi connectivity index (χ1) is 10.2. The second-order valence-corrected chi connectivity index (χ2v) is 4.36. The van der Waals surface area contributed by atoms with Gasteiger partial charge in [-0.25, -0.2) is 9.48 Å². The van der Waals surface area contributed by atoms with E-state index in [2.05, 4.69) is 10.3 Å². The molecular formula is C14H17N3O4. The molecule has 0 unspecified atom stereocenters. The molecule has 0 radical (unpaired) electrons. The van der Waals surface area contributed by atoms with Crippen LogP contribution >= 0.6 is 0 Å². The minimum Gasteiger partial charge on any atom is -0.494 e. The van der Waals surface area contributed by atoms with Gasteiger partial charge in [0.15, 0.2) is 5.69 Å². The van der Waals surface area contributed by atoms with Crippen molar-refractivity contribution in [3.63, 3.8) is 0 Å². The molecule has 0 aliphatic rings. The second-order valence-electron chi connectivity index (χ2n) is 4.36. The molecule has 112 valence electrons. The molecule has 0 atom stereocenters. The number of methoxy groups -OCH3 is 1. The lowest BCUT2D eigenvalue weighted by molar-refractivity contribution is 0.0684. The van der Waals surface area contributed by atoms with Gasteiger partial charge in [0.2, 0.25) is 0 Å². The third kappa shape index (κ3) is 3.57. The van der Waals surface area contributed by atoms with Crippen molar-refractivity contribution in [2.24, 2.45) is 0 Å². The molecule has 1 aromatic heterocycles. The van der Waals surface area contributed by atoms with Crippen LogP contribution in [0.25, 0.3) is 0 Å². The summed E-state index contributed by atoms with van der Waals surface area (Å²) in [5.41, 5.74) is 1.33. The van der Waals surface area contributed by atoms with Gasteiger partial charge in [0, 0.05) is 7.11 Å². The van der Waals surface area contributed by atoms with E-state index in [4.69, 9.17) is 14.6 Å². The molecule has 1 N–H and O–H groups in total. The highest BCUT2D eigenvalue weighted by Crippen LogP contribution is 2.15. The molecule has 2 aromatic rings. The predicted molar refractivity (Wildman–Crippen MR) is 74.4 cm³/mol. The van der Waals surface area contributed by atoms with Crippen molar-refractivity contribution in [1.29, 1.82) is 0 Å². The summed E-state index contributed by atoms with van der Waals surface area (Å²) in [4.78, 5) is 11.1. The molecule has 0 spiro atoms. The maximum Gasteiger partial charge on any atom is 0.358 e. The van der Waals surface area contributed by atoms with E-state index >= 15 is 0 Å².